The van der Waals surface area contributed by atoms with Gasteiger partial charge in [-0.3, -0.25) is 4.90 Å². The number of nitrogens with two attached hydrogens (primary N) is 1. The number of anilines is 2. The molecule has 2 atom stereocenters. The van der Waals surface area contributed by atoms with Crippen LogP contribution >= 0.6 is 0 Å². The summed E-state index contributed by atoms with van der Waals surface area (Å²) in [6, 6.07) is 14.5. The van der Waals surface area contributed by atoms with Gasteiger partial charge in [0.2, 0.25) is 0 Å². The molecule has 2 saturated heterocycles. The monoisotopic (exact) mass is 337 g/mol. The molecule has 2 aliphatic heterocycles. The highest BCUT2D eigenvalue weighted by Gasteiger charge is 2.36. The fraction of sp³-hybridized carbons (Fsp3) is 0.429. The number of nitrogens with zero attached hydrogens (tertiary/aromatic N) is 2. The van der Waals surface area contributed by atoms with E-state index in [-0.39, 0.29) is 0 Å². The van der Waals surface area contributed by atoms with Gasteiger partial charge in [-0.15, -0.1) is 0 Å². The normalized spacial score (nSPS) is 23.5. The lowest BCUT2D eigenvalue weighted by Crippen LogP contribution is -2.52. The van der Waals surface area contributed by atoms with Crippen LogP contribution in [0.4, 0.5) is 11.4 Å². The summed E-state index contributed by atoms with van der Waals surface area (Å²) in [7, 11) is 0. The van der Waals surface area contributed by atoms with Crippen LogP contribution in [-0.4, -0.2) is 37.1 Å². The van der Waals surface area contributed by atoms with Gasteiger partial charge >= 0.3 is 0 Å². The van der Waals surface area contributed by atoms with Gasteiger partial charge in [0.1, 0.15) is 11.5 Å². The van der Waals surface area contributed by atoms with Crippen molar-refractivity contribution in [2.75, 3.05) is 36.8 Å². The van der Waals surface area contributed by atoms with Crippen molar-refractivity contribution in [2.24, 2.45) is 5.92 Å². The van der Waals surface area contributed by atoms with Crippen molar-refractivity contribution in [3.05, 3.63) is 48.0 Å². The Kier molecular flexibility index (Phi) is 4.30. The molecule has 0 aliphatic carbocycles. The predicted octanol–water partition coefficient (Wildman–Crippen LogP) is 3.90. The van der Waals surface area contributed by atoms with Crippen molar-refractivity contribution in [3.63, 3.8) is 0 Å². The summed E-state index contributed by atoms with van der Waals surface area (Å²) >= 11 is 0. The van der Waals surface area contributed by atoms with E-state index < -0.39 is 0 Å². The second-order valence-corrected chi connectivity index (χ2v) is 7.36. The summed E-state index contributed by atoms with van der Waals surface area (Å²) in [4.78, 5) is 5.10. The van der Waals surface area contributed by atoms with Crippen molar-refractivity contribution in [1.29, 1.82) is 0 Å². The molecule has 132 valence electrons. The Bertz CT molecular complexity index is 746. The first-order chi connectivity index (χ1) is 12.1. The van der Waals surface area contributed by atoms with Gasteiger partial charge in [-0.05, 0) is 50.1 Å². The van der Waals surface area contributed by atoms with Crippen LogP contribution in [0.1, 0.15) is 18.9 Å². The Balaban J connectivity index is 1.62. The summed E-state index contributed by atoms with van der Waals surface area (Å²) in [6.45, 7) is 8.95. The van der Waals surface area contributed by atoms with Crippen LogP contribution in [0.5, 0.6) is 11.5 Å². The zero-order valence-corrected chi connectivity index (χ0v) is 15.1. The molecule has 2 heterocycles. The highest BCUT2D eigenvalue weighted by molar-refractivity contribution is 5.75. The van der Waals surface area contributed by atoms with Gasteiger partial charge in [0.05, 0.1) is 11.4 Å². The van der Waals surface area contributed by atoms with Crippen LogP contribution in [0.3, 0.4) is 0 Å². The number of ether oxygens (including phenoxy) is 1. The van der Waals surface area contributed by atoms with Crippen molar-refractivity contribution >= 4 is 11.4 Å². The first-order valence-corrected chi connectivity index (χ1v) is 9.24. The van der Waals surface area contributed by atoms with Crippen LogP contribution in [0.25, 0.3) is 0 Å². The molecule has 4 nitrogen and oxygen atoms in total. The van der Waals surface area contributed by atoms with Gasteiger partial charge in [0, 0.05) is 31.2 Å². The molecule has 0 spiro atoms. The molecule has 4 rings (SSSR count). The minimum absolute atomic E-state index is 0.645. The number of hydrogen-bond acceptors (Lipinski definition) is 4. The van der Waals surface area contributed by atoms with E-state index in [4.69, 9.17) is 10.5 Å². The first-order valence-electron chi connectivity index (χ1n) is 9.24. The predicted molar refractivity (Wildman–Crippen MR) is 103 cm³/mol. The molecule has 0 bridgehead atoms. The van der Waals surface area contributed by atoms with Gasteiger partial charge in [-0.25, -0.2) is 0 Å². The fourth-order valence-electron chi connectivity index (χ4n) is 4.28. The molecule has 4 heteroatoms. The van der Waals surface area contributed by atoms with Crippen molar-refractivity contribution in [1.82, 2.24) is 4.90 Å². The van der Waals surface area contributed by atoms with Crippen LogP contribution in [-0.2, 0) is 0 Å². The quantitative estimate of drug-likeness (QED) is 0.863. The Morgan fingerprint density at radius 2 is 1.84 bits per heavy atom. The third kappa shape index (κ3) is 3.07. The third-order valence-corrected chi connectivity index (χ3v) is 5.76. The first kappa shape index (κ1) is 16.3. The summed E-state index contributed by atoms with van der Waals surface area (Å²) in [5, 5.41) is 0. The number of benzene rings is 2. The summed E-state index contributed by atoms with van der Waals surface area (Å²) < 4.78 is 6.11. The molecule has 2 N–H and O–H groups in total. The Morgan fingerprint density at radius 1 is 1.04 bits per heavy atom. The summed E-state index contributed by atoms with van der Waals surface area (Å²) in [5.41, 5.74) is 9.49. The molecule has 0 unspecified atom stereocenters. The number of hydrogen-bond donors (Lipinski definition) is 1. The van der Waals surface area contributed by atoms with E-state index in [0.29, 0.717) is 6.04 Å². The van der Waals surface area contributed by atoms with E-state index in [2.05, 4.69) is 23.6 Å². The Hall–Kier alpha value is -2.20. The van der Waals surface area contributed by atoms with Crippen LogP contribution in [0.15, 0.2) is 42.5 Å². The number of fused-ring (bicyclic) bond motifs is 1. The van der Waals surface area contributed by atoms with Crippen molar-refractivity contribution in [2.45, 2.75) is 26.3 Å². The Labute approximate surface area is 150 Å². The maximum absolute atomic E-state index is 6.38. The van der Waals surface area contributed by atoms with Crippen molar-refractivity contribution in [3.8, 4) is 11.5 Å². The van der Waals surface area contributed by atoms with Crippen molar-refractivity contribution < 1.29 is 4.74 Å². The summed E-state index contributed by atoms with van der Waals surface area (Å²) in [6.07, 6.45) is 1.31. The van der Waals surface area contributed by atoms with E-state index in [9.17, 15) is 0 Å². The van der Waals surface area contributed by atoms with Gasteiger partial charge < -0.3 is 15.4 Å². The van der Waals surface area contributed by atoms with Gasteiger partial charge in [0.25, 0.3) is 0 Å². The molecular formula is C21H27N3O. The lowest BCUT2D eigenvalue weighted by Gasteiger charge is -2.41. The highest BCUT2D eigenvalue weighted by Crippen LogP contribution is 2.38. The third-order valence-electron chi connectivity index (χ3n) is 5.76. The molecule has 2 aliphatic rings. The van der Waals surface area contributed by atoms with Crippen LogP contribution in [0, 0.1) is 12.8 Å². The van der Waals surface area contributed by atoms with Gasteiger partial charge in [-0.2, -0.15) is 0 Å². The fourth-order valence-corrected chi connectivity index (χ4v) is 4.28. The second kappa shape index (κ2) is 6.60. The lowest BCUT2D eigenvalue weighted by molar-refractivity contribution is 0.209. The molecule has 0 amide bonds. The SMILES string of the molecule is Cc1c(Oc2ccccc2)ccc(N)c1N1CCN2CC[C@H](C)[C@H]2C1. The van der Waals surface area contributed by atoms with Gasteiger partial charge in [-0.1, -0.05) is 25.1 Å². The smallest absolute Gasteiger partial charge is 0.132 e. The topological polar surface area (TPSA) is 41.7 Å². The van der Waals surface area contributed by atoms with E-state index >= 15 is 0 Å². The maximum atomic E-state index is 6.38. The van der Waals surface area contributed by atoms with Crippen LogP contribution < -0.4 is 15.4 Å². The van der Waals surface area contributed by atoms with Gasteiger partial charge in [0.15, 0.2) is 0 Å². The lowest BCUT2D eigenvalue weighted by atomic mass is 10.00. The molecule has 0 radical (unpaired) electrons. The van der Waals surface area contributed by atoms with E-state index in [1.54, 1.807) is 0 Å². The molecule has 2 fully saturated rings. The minimum atomic E-state index is 0.645. The molecule has 0 aromatic heterocycles. The average Bonchev–Trinajstić information content (AvgIpc) is 2.99. The molecule has 2 aromatic rings. The molecule has 25 heavy (non-hydrogen) atoms. The maximum Gasteiger partial charge on any atom is 0.132 e. The molecule has 0 saturated carbocycles. The van der Waals surface area contributed by atoms with E-state index in [0.717, 1.165) is 54.0 Å². The number of nitrogen functional groups attached to an aromatic ring is 1. The standard InChI is InChI=1S/C21H27N3O/c1-15-10-11-23-12-13-24(14-19(15)23)21-16(2)20(9-8-18(21)22)25-17-6-4-3-5-7-17/h3-9,15,19H,10-14,22H2,1-2H3/t15-,19+/m0/s1. The van der Waals surface area contributed by atoms with E-state index in [1.165, 1.54) is 13.0 Å². The minimum Gasteiger partial charge on any atom is -0.457 e. The second-order valence-electron chi connectivity index (χ2n) is 7.36. The zero-order valence-electron chi connectivity index (χ0n) is 15.1. The summed E-state index contributed by atoms with van der Waals surface area (Å²) in [5.74, 6) is 2.50. The number of para-hydroxylation sites is 1. The number of piperazine rings is 1. The average molecular weight is 337 g/mol. The zero-order chi connectivity index (χ0) is 17.4. The largest absolute Gasteiger partial charge is 0.457 e. The highest BCUT2D eigenvalue weighted by atomic mass is 16.5. The van der Waals surface area contributed by atoms with E-state index in [1.807, 2.05) is 42.5 Å². The molecular weight excluding hydrogens is 310 g/mol. The Morgan fingerprint density at radius 3 is 2.64 bits per heavy atom. The van der Waals surface area contributed by atoms with Crippen LogP contribution in [0.2, 0.25) is 0 Å². The number of rotatable bonds is 3. The molecule has 2 aromatic carbocycles.